The van der Waals surface area contributed by atoms with E-state index >= 15 is 0 Å². The van der Waals surface area contributed by atoms with E-state index in [0.29, 0.717) is 13.2 Å². The molecule has 0 fully saturated rings. The van der Waals surface area contributed by atoms with Crippen LogP contribution in [0.5, 0.6) is 0 Å². The lowest BCUT2D eigenvalue weighted by Gasteiger charge is -2.30. The van der Waals surface area contributed by atoms with E-state index in [0.717, 1.165) is 12.3 Å². The summed E-state index contributed by atoms with van der Waals surface area (Å²) in [6.45, 7) is 9.39. The molecule has 136 valence electrons. The molecule has 0 heterocycles. The molecule has 0 saturated heterocycles. The lowest BCUT2D eigenvalue weighted by molar-refractivity contribution is -0.120. The number of rotatable bonds is 10. The Balaban J connectivity index is 0.00000312. The normalized spacial score (nSPS) is 11.2. The Labute approximate surface area is 163 Å². The van der Waals surface area contributed by atoms with Crippen LogP contribution in [-0.4, -0.2) is 31.8 Å². The van der Waals surface area contributed by atoms with E-state index in [2.05, 4.69) is 67.2 Å². The Morgan fingerprint density at radius 2 is 1.32 bits per heavy atom. The third-order valence-electron chi connectivity index (χ3n) is 4.11. The maximum Gasteiger partial charge on any atom is 0.192 e. The molecule has 2 aromatic rings. The number of allylic oxidation sites excluding steroid dienone is 1. The maximum atomic E-state index is 5.90. The van der Waals surface area contributed by atoms with E-state index in [4.69, 9.17) is 9.47 Å². The van der Waals surface area contributed by atoms with Crippen LogP contribution in [0.15, 0.2) is 73.3 Å². The average molecular weight is 423 g/mol. The lowest BCUT2D eigenvalue weighted by atomic mass is 10.4. The molecule has 0 bridgehead atoms. The molecular weight excluding hydrogens is 395 g/mol. The van der Waals surface area contributed by atoms with Crippen LogP contribution in [0.1, 0.15) is 13.8 Å². The fraction of sp³-hybridized carbons (Fsp3) is 0.333. The summed E-state index contributed by atoms with van der Waals surface area (Å²) in [5, 5.41) is 2.75. The fourth-order valence-electron chi connectivity index (χ4n) is 3.07. The summed E-state index contributed by atoms with van der Waals surface area (Å²) in [5.41, 5.74) is 0. The molecule has 0 aliphatic rings. The van der Waals surface area contributed by atoms with Crippen molar-refractivity contribution in [2.24, 2.45) is 0 Å². The van der Waals surface area contributed by atoms with Gasteiger partial charge in [0, 0.05) is 13.2 Å². The highest BCUT2D eigenvalue weighted by Gasteiger charge is 2.44. The van der Waals surface area contributed by atoms with Crippen molar-refractivity contribution in [2.75, 3.05) is 25.5 Å². The Morgan fingerprint density at radius 1 is 0.880 bits per heavy atom. The Hall–Kier alpha value is -0.990. The van der Waals surface area contributed by atoms with Crippen LogP contribution in [-0.2, 0) is 9.47 Å². The van der Waals surface area contributed by atoms with E-state index < -0.39 is 7.26 Å². The summed E-state index contributed by atoms with van der Waals surface area (Å²) in [6, 6.07) is 21.5. The highest BCUT2D eigenvalue weighted by Crippen LogP contribution is 2.57. The summed E-state index contributed by atoms with van der Waals surface area (Å²) < 4.78 is 11.8. The molecule has 0 spiro atoms. The van der Waals surface area contributed by atoms with Gasteiger partial charge in [-0.2, -0.15) is 0 Å². The molecule has 0 atom stereocenters. The van der Waals surface area contributed by atoms with Gasteiger partial charge in [-0.1, -0.05) is 49.1 Å². The summed E-state index contributed by atoms with van der Waals surface area (Å²) in [7, 11) is -1.68. The van der Waals surface area contributed by atoms with Crippen LogP contribution in [0.2, 0.25) is 0 Å². The predicted octanol–water partition coefficient (Wildman–Crippen LogP) is 1.24. The molecule has 0 aliphatic carbocycles. The number of hydrogen-bond acceptors (Lipinski definition) is 2. The van der Waals surface area contributed by atoms with Crippen LogP contribution < -0.4 is 27.6 Å². The standard InChI is InChI=1S/C21H28O2P.BrH/c1-4-17-24(19-13-9-7-10-14-19,20-15-11-8-12-16-20)18-21(22-5-2)23-6-3;/h4,7-16,21H,1,5-6,17-18H2,2-3H3;1H/q+1;/p-1. The second kappa shape index (κ2) is 11.6. The molecule has 0 aliphatic heterocycles. The molecule has 0 aromatic heterocycles. The molecule has 2 nitrogen and oxygen atoms in total. The molecule has 25 heavy (non-hydrogen) atoms. The van der Waals surface area contributed by atoms with Crippen molar-refractivity contribution in [1.29, 1.82) is 0 Å². The van der Waals surface area contributed by atoms with Gasteiger partial charge in [0.1, 0.15) is 6.16 Å². The first kappa shape index (κ1) is 22.1. The maximum absolute atomic E-state index is 5.90. The predicted molar refractivity (Wildman–Crippen MR) is 106 cm³/mol. The zero-order valence-corrected chi connectivity index (χ0v) is 17.6. The van der Waals surface area contributed by atoms with Crippen molar-refractivity contribution < 1.29 is 26.5 Å². The molecule has 0 unspecified atom stereocenters. The minimum atomic E-state index is -1.68. The van der Waals surface area contributed by atoms with Crippen LogP contribution in [0.3, 0.4) is 0 Å². The van der Waals surface area contributed by atoms with Gasteiger partial charge < -0.3 is 26.5 Å². The smallest absolute Gasteiger partial charge is 0.192 e. The molecule has 0 radical (unpaired) electrons. The highest BCUT2D eigenvalue weighted by atomic mass is 79.9. The van der Waals surface area contributed by atoms with Gasteiger partial charge >= 0.3 is 0 Å². The quantitative estimate of drug-likeness (QED) is 0.326. The van der Waals surface area contributed by atoms with Gasteiger partial charge in [-0.15, -0.1) is 0 Å². The molecule has 0 amide bonds. The molecule has 2 aromatic carbocycles. The van der Waals surface area contributed by atoms with Crippen LogP contribution >= 0.6 is 7.26 Å². The van der Waals surface area contributed by atoms with Crippen molar-refractivity contribution in [2.45, 2.75) is 20.1 Å². The minimum absolute atomic E-state index is 0. The Bertz CT molecular complexity index is 558. The molecule has 0 N–H and O–H groups in total. The van der Waals surface area contributed by atoms with E-state index in [9.17, 15) is 0 Å². The SMILES string of the molecule is C=CC[P+](CC(OCC)OCC)(c1ccccc1)c1ccccc1.[Br-]. The zero-order chi connectivity index (χ0) is 17.3. The summed E-state index contributed by atoms with van der Waals surface area (Å²) in [4.78, 5) is 0. The third kappa shape index (κ3) is 5.76. The van der Waals surface area contributed by atoms with Crippen LogP contribution in [0.4, 0.5) is 0 Å². The number of ether oxygens (including phenoxy) is 2. The number of halogens is 1. The Kier molecular flexibility index (Phi) is 10.2. The molecular formula is C21H28BrO2P. The van der Waals surface area contributed by atoms with Gasteiger partial charge in [0.2, 0.25) is 0 Å². The van der Waals surface area contributed by atoms with Crippen molar-refractivity contribution in [3.8, 4) is 0 Å². The van der Waals surface area contributed by atoms with E-state index in [1.807, 2.05) is 19.9 Å². The Morgan fingerprint density at radius 3 is 1.68 bits per heavy atom. The summed E-state index contributed by atoms with van der Waals surface area (Å²) >= 11 is 0. The second-order valence-corrected chi connectivity index (χ2v) is 9.33. The first-order chi connectivity index (χ1) is 11.8. The van der Waals surface area contributed by atoms with Gasteiger partial charge in [0.25, 0.3) is 0 Å². The molecule has 4 heteroatoms. The number of hydrogen-bond donors (Lipinski definition) is 0. The largest absolute Gasteiger partial charge is 1.00 e. The van der Waals surface area contributed by atoms with Crippen molar-refractivity contribution >= 4 is 17.9 Å². The van der Waals surface area contributed by atoms with Crippen LogP contribution in [0, 0.1) is 0 Å². The third-order valence-corrected chi connectivity index (χ3v) is 8.48. The first-order valence-corrected chi connectivity index (χ1v) is 10.7. The minimum Gasteiger partial charge on any atom is -1.00 e. The van der Waals surface area contributed by atoms with Gasteiger partial charge in [-0.3, -0.25) is 0 Å². The second-order valence-electron chi connectivity index (χ2n) is 5.63. The van der Waals surface area contributed by atoms with Gasteiger partial charge in [-0.25, -0.2) is 0 Å². The van der Waals surface area contributed by atoms with Crippen molar-refractivity contribution in [1.82, 2.24) is 0 Å². The lowest BCUT2D eigenvalue weighted by Crippen LogP contribution is -3.00. The van der Waals surface area contributed by atoms with E-state index in [1.165, 1.54) is 10.6 Å². The molecule has 2 rings (SSSR count). The highest BCUT2D eigenvalue weighted by molar-refractivity contribution is 7.89. The van der Waals surface area contributed by atoms with E-state index in [-0.39, 0.29) is 23.3 Å². The van der Waals surface area contributed by atoms with Gasteiger partial charge in [0.15, 0.2) is 6.29 Å². The average Bonchev–Trinajstić information content (AvgIpc) is 2.63. The summed E-state index contributed by atoms with van der Waals surface area (Å²) in [6.07, 6.45) is 3.67. The van der Waals surface area contributed by atoms with Crippen LogP contribution in [0.25, 0.3) is 0 Å². The van der Waals surface area contributed by atoms with E-state index in [1.54, 1.807) is 0 Å². The fourth-order valence-corrected chi connectivity index (χ4v) is 7.01. The number of benzene rings is 2. The van der Waals surface area contributed by atoms with Crippen molar-refractivity contribution in [3.63, 3.8) is 0 Å². The monoisotopic (exact) mass is 422 g/mol. The van der Waals surface area contributed by atoms with Gasteiger partial charge in [0.05, 0.1) is 24.0 Å². The van der Waals surface area contributed by atoms with Gasteiger partial charge in [-0.05, 0) is 38.1 Å². The topological polar surface area (TPSA) is 18.5 Å². The zero-order valence-electron chi connectivity index (χ0n) is 15.1. The first-order valence-electron chi connectivity index (χ1n) is 8.59. The molecule has 0 saturated carbocycles. The summed E-state index contributed by atoms with van der Waals surface area (Å²) in [5.74, 6) is 0. The van der Waals surface area contributed by atoms with Crippen molar-refractivity contribution in [3.05, 3.63) is 73.3 Å².